The summed E-state index contributed by atoms with van der Waals surface area (Å²) in [5, 5.41) is 6.94. The lowest BCUT2D eigenvalue weighted by Gasteiger charge is -2.13. The first-order chi connectivity index (χ1) is 10.7. The molecule has 0 spiro atoms. The van der Waals surface area contributed by atoms with Crippen LogP contribution in [0.3, 0.4) is 0 Å². The van der Waals surface area contributed by atoms with Gasteiger partial charge in [0, 0.05) is 18.7 Å². The Hall–Kier alpha value is -1.96. The minimum atomic E-state index is -3.54. The zero-order valence-corrected chi connectivity index (χ0v) is 14.6. The molecule has 0 aromatic carbocycles. The molecule has 1 N–H and O–H groups in total. The van der Waals surface area contributed by atoms with Crippen molar-refractivity contribution in [2.75, 3.05) is 11.6 Å². The van der Waals surface area contributed by atoms with Crippen molar-refractivity contribution in [3.8, 4) is 0 Å². The maximum atomic E-state index is 12.3. The maximum Gasteiger partial charge on any atom is 0.225 e. The average Bonchev–Trinajstić information content (AvgIpc) is 2.78. The van der Waals surface area contributed by atoms with Crippen LogP contribution in [0.2, 0.25) is 0 Å². The second kappa shape index (κ2) is 6.66. The normalized spacial score (nSPS) is 13.2. The number of anilines is 1. The van der Waals surface area contributed by atoms with Crippen LogP contribution >= 0.6 is 0 Å². The minimum absolute atomic E-state index is 0.0374. The number of carbonyl (C=O) groups is 1. The molecule has 23 heavy (non-hydrogen) atoms. The quantitative estimate of drug-likeness (QED) is 0.871. The fourth-order valence-electron chi connectivity index (χ4n) is 2.51. The molecule has 0 unspecified atom stereocenters. The average molecular weight is 338 g/mol. The molecular formula is C15H22N4O3S. The minimum Gasteiger partial charge on any atom is -0.309 e. The number of sulfone groups is 1. The topological polar surface area (TPSA) is 93.4 Å². The Morgan fingerprint density at radius 2 is 2.13 bits per heavy atom. The van der Waals surface area contributed by atoms with E-state index in [9.17, 15) is 13.2 Å². The van der Waals surface area contributed by atoms with Gasteiger partial charge in [-0.1, -0.05) is 26.7 Å². The number of nitrogens with one attached hydrogen (secondary N) is 1. The third kappa shape index (κ3) is 4.07. The van der Waals surface area contributed by atoms with Crippen LogP contribution in [-0.2, 0) is 14.6 Å². The fourth-order valence-corrected chi connectivity index (χ4v) is 3.25. The van der Waals surface area contributed by atoms with Crippen LogP contribution in [0.5, 0.6) is 0 Å². The van der Waals surface area contributed by atoms with Crippen molar-refractivity contribution in [2.45, 2.75) is 44.9 Å². The van der Waals surface area contributed by atoms with Gasteiger partial charge in [-0.3, -0.25) is 4.79 Å². The van der Waals surface area contributed by atoms with Gasteiger partial charge in [0.25, 0.3) is 0 Å². The number of aryl methyl sites for hydroxylation is 1. The van der Waals surface area contributed by atoms with Crippen LogP contribution in [0.1, 0.15) is 38.8 Å². The van der Waals surface area contributed by atoms with Crippen LogP contribution in [0.15, 0.2) is 17.2 Å². The highest BCUT2D eigenvalue weighted by molar-refractivity contribution is 7.90. The fraction of sp³-hybridized carbons (Fsp3) is 0.533. The summed E-state index contributed by atoms with van der Waals surface area (Å²) < 4.78 is 25.3. The molecule has 126 valence electrons. The lowest BCUT2D eigenvalue weighted by molar-refractivity contribution is -0.117. The van der Waals surface area contributed by atoms with Crippen molar-refractivity contribution in [1.29, 1.82) is 0 Å². The van der Waals surface area contributed by atoms with Crippen molar-refractivity contribution in [3.05, 3.63) is 18.0 Å². The molecule has 0 saturated heterocycles. The first-order valence-corrected chi connectivity index (χ1v) is 9.46. The summed E-state index contributed by atoms with van der Waals surface area (Å²) >= 11 is 0. The third-order valence-corrected chi connectivity index (χ3v) is 4.64. The molecule has 0 bridgehead atoms. The molecule has 0 fully saturated rings. The van der Waals surface area contributed by atoms with Crippen LogP contribution in [-0.4, -0.2) is 35.2 Å². The van der Waals surface area contributed by atoms with E-state index in [1.165, 1.54) is 10.7 Å². The van der Waals surface area contributed by atoms with Crippen molar-refractivity contribution in [3.63, 3.8) is 0 Å². The highest BCUT2D eigenvalue weighted by Gasteiger charge is 2.21. The molecule has 0 aliphatic rings. The highest BCUT2D eigenvalue weighted by Crippen LogP contribution is 2.22. The Morgan fingerprint density at radius 1 is 1.43 bits per heavy atom. The Labute approximate surface area is 136 Å². The van der Waals surface area contributed by atoms with Gasteiger partial charge in [-0.15, -0.1) is 0 Å². The number of hydrogen-bond acceptors (Lipinski definition) is 5. The van der Waals surface area contributed by atoms with Crippen molar-refractivity contribution < 1.29 is 13.2 Å². The Morgan fingerprint density at radius 3 is 2.74 bits per heavy atom. The van der Waals surface area contributed by atoms with Gasteiger partial charge in [-0.05, 0) is 12.8 Å². The van der Waals surface area contributed by atoms with Gasteiger partial charge in [-0.25, -0.2) is 13.4 Å². The first kappa shape index (κ1) is 17.4. The second-order valence-corrected chi connectivity index (χ2v) is 7.93. The maximum absolute atomic E-state index is 12.3. The summed E-state index contributed by atoms with van der Waals surface area (Å²) in [4.78, 5) is 16.3. The molecule has 0 aliphatic heterocycles. The molecule has 1 atom stereocenters. The number of aromatic nitrogens is 3. The summed E-state index contributed by atoms with van der Waals surface area (Å²) in [5.74, 6) is 0.161. The van der Waals surface area contributed by atoms with E-state index in [1.54, 1.807) is 13.0 Å². The highest BCUT2D eigenvalue weighted by atomic mass is 32.2. The smallest absolute Gasteiger partial charge is 0.225 e. The molecular weight excluding hydrogens is 316 g/mol. The van der Waals surface area contributed by atoms with E-state index >= 15 is 0 Å². The van der Waals surface area contributed by atoms with Gasteiger partial charge >= 0.3 is 0 Å². The van der Waals surface area contributed by atoms with Crippen molar-refractivity contribution in [2.24, 2.45) is 5.92 Å². The summed E-state index contributed by atoms with van der Waals surface area (Å²) in [7, 11) is -3.54. The molecule has 2 aromatic heterocycles. The summed E-state index contributed by atoms with van der Waals surface area (Å²) in [6, 6.07) is 1.72. The molecule has 0 radical (unpaired) electrons. The van der Waals surface area contributed by atoms with Gasteiger partial charge in [0.05, 0.1) is 11.9 Å². The monoisotopic (exact) mass is 338 g/mol. The van der Waals surface area contributed by atoms with E-state index in [2.05, 4.69) is 22.3 Å². The van der Waals surface area contributed by atoms with E-state index in [0.717, 1.165) is 19.1 Å². The zero-order chi connectivity index (χ0) is 17.2. The van der Waals surface area contributed by atoms with Crippen molar-refractivity contribution >= 4 is 27.2 Å². The van der Waals surface area contributed by atoms with Crippen LogP contribution in [0.25, 0.3) is 5.65 Å². The Bertz CT molecular complexity index is 827. The molecule has 2 heterocycles. The number of nitrogens with zero attached hydrogens (tertiary/aromatic N) is 3. The number of rotatable bonds is 6. The molecule has 7 nitrogen and oxygen atoms in total. The summed E-state index contributed by atoms with van der Waals surface area (Å²) in [5.41, 5.74) is 1.19. The molecule has 2 rings (SSSR count). The third-order valence-electron chi connectivity index (χ3n) is 3.54. The zero-order valence-electron chi connectivity index (χ0n) is 13.8. The van der Waals surface area contributed by atoms with Crippen LogP contribution < -0.4 is 5.32 Å². The van der Waals surface area contributed by atoms with E-state index in [4.69, 9.17) is 0 Å². The van der Waals surface area contributed by atoms with Gasteiger partial charge in [0.1, 0.15) is 4.90 Å². The molecule has 1 amide bonds. The molecule has 8 heteroatoms. The molecule has 2 aromatic rings. The number of amides is 1. The first-order valence-electron chi connectivity index (χ1n) is 7.57. The van der Waals surface area contributed by atoms with Gasteiger partial charge < -0.3 is 5.32 Å². The number of hydrogen-bond donors (Lipinski definition) is 1. The lowest BCUT2D eigenvalue weighted by Crippen LogP contribution is -2.20. The summed E-state index contributed by atoms with van der Waals surface area (Å²) in [6.07, 6.45) is 4.62. The second-order valence-electron chi connectivity index (χ2n) is 5.95. The predicted molar refractivity (Wildman–Crippen MR) is 88.2 cm³/mol. The number of carbonyl (C=O) groups excluding carboxylic acids is 1. The van der Waals surface area contributed by atoms with E-state index < -0.39 is 9.84 Å². The Balaban J connectivity index is 2.42. The van der Waals surface area contributed by atoms with E-state index in [-0.39, 0.29) is 22.5 Å². The summed E-state index contributed by atoms with van der Waals surface area (Å²) in [6.45, 7) is 5.85. The SMILES string of the molecule is CCC[C@@H](C)CC(=O)Nc1c(S(C)(=O)=O)cnc2cc(C)nn12. The standard InChI is InChI=1S/C15H22N4O3S/c1-5-6-10(2)7-14(20)17-15-12(23(4,21)22)9-16-13-8-11(3)18-19(13)15/h8-10H,5-7H2,1-4H3,(H,17,20)/t10-/m1/s1. The number of fused-ring (bicyclic) bond motifs is 1. The molecule has 0 aliphatic carbocycles. The van der Waals surface area contributed by atoms with Gasteiger partial charge in [0.2, 0.25) is 5.91 Å². The van der Waals surface area contributed by atoms with Crippen LogP contribution in [0.4, 0.5) is 5.82 Å². The lowest BCUT2D eigenvalue weighted by atomic mass is 10.0. The Kier molecular flexibility index (Phi) is 5.03. The van der Waals surface area contributed by atoms with Crippen LogP contribution in [0, 0.1) is 12.8 Å². The predicted octanol–water partition coefficient (Wildman–Crippen LogP) is 2.21. The largest absolute Gasteiger partial charge is 0.309 e. The van der Waals surface area contributed by atoms with Crippen molar-refractivity contribution in [1.82, 2.24) is 14.6 Å². The van der Waals surface area contributed by atoms with Gasteiger partial charge in [-0.2, -0.15) is 9.61 Å². The van der Waals surface area contributed by atoms with Gasteiger partial charge in [0.15, 0.2) is 21.3 Å². The molecule has 0 saturated carbocycles. The van der Waals surface area contributed by atoms with E-state index in [1.807, 2.05) is 6.92 Å². The van der Waals surface area contributed by atoms with E-state index in [0.29, 0.717) is 17.8 Å².